The minimum Gasteiger partial charge on any atom is -0.457 e. The Hall–Kier alpha value is -3.01. The molecule has 0 aliphatic carbocycles. The van der Waals surface area contributed by atoms with E-state index in [4.69, 9.17) is 4.74 Å². The number of pyridine rings is 1. The molecule has 4 nitrogen and oxygen atoms in total. The van der Waals surface area contributed by atoms with Crippen molar-refractivity contribution in [2.75, 3.05) is 0 Å². The largest absolute Gasteiger partial charge is 0.457 e. The molecule has 0 bridgehead atoms. The average Bonchev–Trinajstić information content (AvgIpc) is 2.59. The lowest BCUT2D eigenvalue weighted by Crippen LogP contribution is -2.10. The van der Waals surface area contributed by atoms with Gasteiger partial charge in [0.1, 0.15) is 12.3 Å². The summed E-state index contributed by atoms with van der Waals surface area (Å²) in [5, 5.41) is 0.791. The van der Waals surface area contributed by atoms with Gasteiger partial charge in [-0.3, -0.25) is 4.79 Å². The fourth-order valence-corrected chi connectivity index (χ4v) is 2.19. The molecule has 0 aliphatic heterocycles. The van der Waals surface area contributed by atoms with Gasteiger partial charge in [0, 0.05) is 5.39 Å². The van der Waals surface area contributed by atoms with Gasteiger partial charge >= 0.3 is 5.97 Å². The summed E-state index contributed by atoms with van der Waals surface area (Å²) in [6, 6.07) is 18.3. The Balaban J connectivity index is 1.88. The number of carbonyl (C=O) groups is 2. The predicted molar refractivity (Wildman–Crippen MR) is 82.7 cm³/mol. The number of fused-ring (bicyclic) bond motifs is 1. The van der Waals surface area contributed by atoms with E-state index >= 15 is 0 Å². The molecule has 3 rings (SSSR count). The van der Waals surface area contributed by atoms with E-state index in [9.17, 15) is 9.59 Å². The normalized spacial score (nSPS) is 10.4. The van der Waals surface area contributed by atoms with Gasteiger partial charge in [-0.1, -0.05) is 48.5 Å². The van der Waals surface area contributed by atoms with E-state index in [0.29, 0.717) is 11.8 Å². The first kappa shape index (κ1) is 13.9. The zero-order valence-corrected chi connectivity index (χ0v) is 11.7. The molecular formula is C18H13NO3. The smallest absolute Gasteiger partial charge is 0.340 e. The van der Waals surface area contributed by atoms with Crippen molar-refractivity contribution >= 4 is 23.2 Å². The standard InChI is InChI=1S/C18H13NO3/c20-11-17-15(10-14-8-4-5-9-16(14)19-17)18(21)22-12-13-6-2-1-3-7-13/h1-11H,12H2. The van der Waals surface area contributed by atoms with E-state index in [1.165, 1.54) is 0 Å². The minimum atomic E-state index is -0.552. The molecule has 108 valence electrons. The van der Waals surface area contributed by atoms with Crippen LogP contribution in [0.1, 0.15) is 26.4 Å². The van der Waals surface area contributed by atoms with Gasteiger partial charge in [-0.05, 0) is 17.7 Å². The van der Waals surface area contributed by atoms with Gasteiger partial charge in [0.05, 0.1) is 11.1 Å². The zero-order valence-electron chi connectivity index (χ0n) is 11.7. The molecule has 1 aromatic heterocycles. The summed E-state index contributed by atoms with van der Waals surface area (Å²) in [4.78, 5) is 27.6. The maximum Gasteiger partial charge on any atom is 0.340 e. The number of carbonyl (C=O) groups excluding carboxylic acids is 2. The van der Waals surface area contributed by atoms with Crippen LogP contribution < -0.4 is 0 Å². The number of esters is 1. The van der Waals surface area contributed by atoms with Gasteiger partial charge < -0.3 is 4.74 Å². The zero-order chi connectivity index (χ0) is 15.4. The second-order valence-corrected chi connectivity index (χ2v) is 4.79. The van der Waals surface area contributed by atoms with Crippen LogP contribution in [0, 0.1) is 0 Å². The van der Waals surface area contributed by atoms with Gasteiger partial charge in [0.2, 0.25) is 0 Å². The number of nitrogens with zero attached hydrogens (tertiary/aromatic N) is 1. The third kappa shape index (κ3) is 2.86. The highest BCUT2D eigenvalue weighted by Gasteiger charge is 2.15. The molecule has 1 heterocycles. The molecule has 0 unspecified atom stereocenters. The Morgan fingerprint density at radius 2 is 1.77 bits per heavy atom. The lowest BCUT2D eigenvalue weighted by molar-refractivity contribution is 0.0470. The van der Waals surface area contributed by atoms with Crippen molar-refractivity contribution in [3.63, 3.8) is 0 Å². The molecule has 0 saturated heterocycles. The van der Waals surface area contributed by atoms with E-state index in [0.717, 1.165) is 10.9 Å². The van der Waals surface area contributed by atoms with Crippen LogP contribution in [0.4, 0.5) is 0 Å². The third-order valence-corrected chi connectivity index (χ3v) is 3.30. The van der Waals surface area contributed by atoms with Crippen LogP contribution in [0.3, 0.4) is 0 Å². The van der Waals surface area contributed by atoms with Crippen molar-refractivity contribution in [1.29, 1.82) is 0 Å². The Bertz CT molecular complexity index is 828. The predicted octanol–water partition coefficient (Wildman–Crippen LogP) is 3.40. The van der Waals surface area contributed by atoms with Crippen LogP contribution in [-0.2, 0) is 11.3 Å². The van der Waals surface area contributed by atoms with Crippen molar-refractivity contribution in [3.05, 3.63) is 77.5 Å². The maximum absolute atomic E-state index is 12.2. The first-order chi connectivity index (χ1) is 10.8. The lowest BCUT2D eigenvalue weighted by atomic mass is 10.1. The minimum absolute atomic E-state index is 0.0942. The number of aromatic nitrogens is 1. The molecule has 0 saturated carbocycles. The quantitative estimate of drug-likeness (QED) is 0.546. The van der Waals surface area contributed by atoms with Crippen molar-refractivity contribution in [2.45, 2.75) is 6.61 Å². The molecule has 0 spiro atoms. The number of hydrogen-bond donors (Lipinski definition) is 0. The number of aldehydes is 1. The lowest BCUT2D eigenvalue weighted by Gasteiger charge is -2.07. The molecule has 0 N–H and O–H groups in total. The Morgan fingerprint density at radius 1 is 1.05 bits per heavy atom. The molecule has 3 aromatic rings. The molecule has 0 radical (unpaired) electrons. The van der Waals surface area contributed by atoms with Gasteiger partial charge in [-0.25, -0.2) is 9.78 Å². The number of rotatable bonds is 4. The Labute approximate surface area is 127 Å². The van der Waals surface area contributed by atoms with Gasteiger partial charge in [0.15, 0.2) is 6.29 Å². The Kier molecular flexibility index (Phi) is 3.92. The number of hydrogen-bond acceptors (Lipinski definition) is 4. The van der Waals surface area contributed by atoms with E-state index in [2.05, 4.69) is 4.98 Å². The Morgan fingerprint density at radius 3 is 2.55 bits per heavy atom. The fourth-order valence-electron chi connectivity index (χ4n) is 2.19. The number of benzene rings is 2. The van der Waals surface area contributed by atoms with Crippen LogP contribution in [0.15, 0.2) is 60.7 Å². The number of para-hydroxylation sites is 1. The number of ether oxygens (including phenoxy) is 1. The van der Waals surface area contributed by atoms with Crippen LogP contribution in [0.5, 0.6) is 0 Å². The van der Waals surface area contributed by atoms with Gasteiger partial charge in [-0.2, -0.15) is 0 Å². The fraction of sp³-hybridized carbons (Fsp3) is 0.0556. The monoisotopic (exact) mass is 291 g/mol. The first-order valence-electron chi connectivity index (χ1n) is 6.84. The SMILES string of the molecule is O=Cc1nc2ccccc2cc1C(=O)OCc1ccccc1. The van der Waals surface area contributed by atoms with Crippen molar-refractivity contribution in [2.24, 2.45) is 0 Å². The third-order valence-electron chi connectivity index (χ3n) is 3.30. The van der Waals surface area contributed by atoms with Crippen LogP contribution >= 0.6 is 0 Å². The summed E-state index contributed by atoms with van der Waals surface area (Å²) in [5.74, 6) is -0.552. The summed E-state index contributed by atoms with van der Waals surface area (Å²) >= 11 is 0. The van der Waals surface area contributed by atoms with E-state index in [1.807, 2.05) is 48.5 Å². The molecule has 4 heteroatoms. The van der Waals surface area contributed by atoms with Crippen LogP contribution in [0.2, 0.25) is 0 Å². The van der Waals surface area contributed by atoms with Crippen LogP contribution in [0.25, 0.3) is 10.9 Å². The topological polar surface area (TPSA) is 56.3 Å². The maximum atomic E-state index is 12.2. The molecule has 0 amide bonds. The van der Waals surface area contributed by atoms with Crippen molar-refractivity contribution < 1.29 is 14.3 Å². The molecular weight excluding hydrogens is 278 g/mol. The van der Waals surface area contributed by atoms with Crippen molar-refractivity contribution in [1.82, 2.24) is 4.98 Å². The summed E-state index contributed by atoms with van der Waals surface area (Å²) in [6.07, 6.45) is 0.575. The van der Waals surface area contributed by atoms with Gasteiger partial charge in [-0.15, -0.1) is 0 Å². The summed E-state index contributed by atoms with van der Waals surface area (Å²) < 4.78 is 5.27. The highest BCUT2D eigenvalue weighted by Crippen LogP contribution is 2.17. The molecule has 22 heavy (non-hydrogen) atoms. The molecule has 2 aromatic carbocycles. The highest BCUT2D eigenvalue weighted by atomic mass is 16.5. The summed E-state index contributed by atoms with van der Waals surface area (Å²) in [6.45, 7) is 0.158. The average molecular weight is 291 g/mol. The van der Waals surface area contributed by atoms with E-state index < -0.39 is 5.97 Å². The van der Waals surface area contributed by atoms with Crippen LogP contribution in [-0.4, -0.2) is 17.2 Å². The van der Waals surface area contributed by atoms with E-state index in [1.54, 1.807) is 12.1 Å². The van der Waals surface area contributed by atoms with Gasteiger partial charge in [0.25, 0.3) is 0 Å². The van der Waals surface area contributed by atoms with E-state index in [-0.39, 0.29) is 17.9 Å². The second kappa shape index (κ2) is 6.18. The highest BCUT2D eigenvalue weighted by molar-refractivity contribution is 6.00. The molecule has 0 fully saturated rings. The second-order valence-electron chi connectivity index (χ2n) is 4.79. The summed E-state index contributed by atoms with van der Waals surface area (Å²) in [7, 11) is 0. The molecule has 0 aliphatic rings. The van der Waals surface area contributed by atoms with Crippen molar-refractivity contribution in [3.8, 4) is 0 Å². The molecule has 0 atom stereocenters. The first-order valence-corrected chi connectivity index (χ1v) is 6.84. The summed E-state index contributed by atoms with van der Waals surface area (Å²) in [5.41, 5.74) is 1.84.